The van der Waals surface area contributed by atoms with E-state index in [0.717, 1.165) is 10.1 Å². The Hall–Kier alpha value is -0.120. The molecule has 0 spiro atoms. The van der Waals surface area contributed by atoms with E-state index in [9.17, 15) is 0 Å². The Bertz CT molecular complexity index is 770. The van der Waals surface area contributed by atoms with Crippen LogP contribution in [0.3, 0.4) is 0 Å². The molecule has 2 aliphatic rings. The third kappa shape index (κ3) is 3.37. The van der Waals surface area contributed by atoms with Crippen molar-refractivity contribution in [1.29, 1.82) is 0 Å². The molecule has 0 bridgehead atoms. The summed E-state index contributed by atoms with van der Waals surface area (Å²) >= 11 is 10.9. The first-order chi connectivity index (χ1) is 12.7. The van der Waals surface area contributed by atoms with Crippen LogP contribution >= 0.6 is 70.9 Å². The molecule has 2 aromatic carbocycles. The van der Waals surface area contributed by atoms with Crippen LogP contribution in [0.15, 0.2) is 69.5 Å². The average molecular weight is 453 g/mol. The van der Waals surface area contributed by atoms with Gasteiger partial charge >= 0.3 is 0 Å². The van der Waals surface area contributed by atoms with E-state index in [-0.39, 0.29) is 6.82 Å². The van der Waals surface area contributed by atoms with E-state index in [1.165, 1.54) is 11.1 Å². The number of thioether (sulfide) groups is 4. The summed E-state index contributed by atoms with van der Waals surface area (Å²) in [5.74, 6) is 0. The monoisotopic (exact) mass is 452 g/mol. The first kappa shape index (κ1) is 19.2. The lowest BCUT2D eigenvalue weighted by atomic mass is 10.2. The minimum atomic E-state index is -0.132. The smallest absolute Gasteiger partial charge is 0.169 e. The van der Waals surface area contributed by atoms with Crippen molar-refractivity contribution in [2.45, 2.75) is 6.82 Å². The van der Waals surface area contributed by atoms with Crippen molar-refractivity contribution in [2.75, 3.05) is 12.5 Å². The van der Waals surface area contributed by atoms with Gasteiger partial charge in [-0.1, -0.05) is 84.2 Å². The molecule has 2 aromatic rings. The predicted molar refractivity (Wildman–Crippen MR) is 129 cm³/mol. The second-order valence-electron chi connectivity index (χ2n) is 5.43. The Morgan fingerprint density at radius 1 is 0.654 bits per heavy atom. The highest BCUT2D eigenvalue weighted by atomic mass is 32.3. The second-order valence-corrected chi connectivity index (χ2v) is 13.4. The number of hydrogen-bond donors (Lipinski definition) is 0. The van der Waals surface area contributed by atoms with E-state index in [0.29, 0.717) is 0 Å². The molecule has 2 aliphatic heterocycles. The fourth-order valence-electron chi connectivity index (χ4n) is 2.56. The van der Waals surface area contributed by atoms with Crippen LogP contribution in [0.2, 0.25) is 0 Å². The molecule has 2 heterocycles. The summed E-state index contributed by atoms with van der Waals surface area (Å²) in [7, 11) is 0. The fraction of sp³-hybridized carbons (Fsp3) is 0.222. The van der Waals surface area contributed by atoms with Gasteiger partial charge in [-0.05, 0) is 12.5 Å². The molecule has 0 aromatic heterocycles. The predicted octanol–water partition coefficient (Wildman–Crippen LogP) is 6.70. The summed E-state index contributed by atoms with van der Waals surface area (Å²) in [6.45, 7) is 0. The molecule has 134 valence electrons. The first-order valence-corrected chi connectivity index (χ1v) is 13.5. The Kier molecular flexibility index (Phi) is 5.98. The zero-order valence-corrected chi connectivity index (χ0v) is 19.0. The zero-order valence-electron chi connectivity index (χ0n) is 14.1. The lowest BCUT2D eigenvalue weighted by Crippen LogP contribution is -2.36. The van der Waals surface area contributed by atoms with Crippen molar-refractivity contribution >= 4 is 81.0 Å². The van der Waals surface area contributed by atoms with Gasteiger partial charge in [0, 0.05) is 35.0 Å². The van der Waals surface area contributed by atoms with Gasteiger partial charge in [-0.15, -0.1) is 23.5 Å². The molecule has 0 saturated heterocycles. The highest BCUT2D eigenvalue weighted by molar-refractivity contribution is 8.49. The van der Waals surface area contributed by atoms with Crippen LogP contribution in [0.5, 0.6) is 0 Å². The van der Waals surface area contributed by atoms with E-state index in [1.807, 2.05) is 59.2 Å². The van der Waals surface area contributed by atoms with Gasteiger partial charge in [0.05, 0.1) is 0 Å². The van der Waals surface area contributed by atoms with Crippen LogP contribution in [0.4, 0.5) is 0 Å². The van der Waals surface area contributed by atoms with Gasteiger partial charge in [0.25, 0.3) is 0 Å². The number of rotatable bonds is 5. The number of nitrogens with zero attached hydrogens (tertiary/aromatic N) is 2. The molecule has 4 rings (SSSR count). The largest absolute Gasteiger partial charge is 0.207 e. The van der Waals surface area contributed by atoms with Crippen molar-refractivity contribution in [1.82, 2.24) is 0 Å². The molecule has 26 heavy (non-hydrogen) atoms. The fourth-order valence-corrected chi connectivity index (χ4v) is 11.6. The Labute approximate surface area is 179 Å². The molecular formula is C18H16N2S6. The van der Waals surface area contributed by atoms with Gasteiger partial charge < -0.3 is 0 Å². The van der Waals surface area contributed by atoms with Crippen LogP contribution in [0, 0.1) is 0 Å². The average Bonchev–Trinajstić information content (AvgIpc) is 3.36. The highest BCUT2D eigenvalue weighted by Crippen LogP contribution is 2.72. The molecule has 8 heteroatoms. The highest BCUT2D eigenvalue weighted by Gasteiger charge is 2.60. The third-order valence-electron chi connectivity index (χ3n) is 3.91. The van der Waals surface area contributed by atoms with Gasteiger partial charge in [-0.3, -0.25) is 0 Å². The van der Waals surface area contributed by atoms with E-state index >= 15 is 0 Å². The van der Waals surface area contributed by atoms with Crippen molar-refractivity contribution in [2.24, 2.45) is 8.80 Å². The summed E-state index contributed by atoms with van der Waals surface area (Å²) in [4.78, 5) is 0. The van der Waals surface area contributed by atoms with Crippen LogP contribution in [-0.2, 0) is 0 Å². The Morgan fingerprint density at radius 3 is 1.38 bits per heavy atom. The maximum absolute atomic E-state index is 4.85. The van der Waals surface area contributed by atoms with Gasteiger partial charge in [-0.2, -0.15) is 0 Å². The van der Waals surface area contributed by atoms with E-state index in [2.05, 4.69) is 61.0 Å². The number of benzene rings is 2. The van der Waals surface area contributed by atoms with Crippen LogP contribution in [0.1, 0.15) is 11.1 Å². The lowest BCUT2D eigenvalue weighted by molar-refractivity contribution is 1.22. The molecule has 2 atom stereocenters. The van der Waals surface area contributed by atoms with E-state index in [1.54, 1.807) is 23.9 Å². The number of hydrogen-bond acceptors (Lipinski definition) is 8. The van der Waals surface area contributed by atoms with Crippen LogP contribution < -0.4 is 0 Å². The topological polar surface area (TPSA) is 24.7 Å². The van der Waals surface area contributed by atoms with Gasteiger partial charge in [0.1, 0.15) is 10.1 Å². The SMILES string of the molecule is CSC1(C2(SC)SN=C(c3ccccc3)S2)SN=C(c2ccccc2)S1. The molecule has 0 aliphatic carbocycles. The van der Waals surface area contributed by atoms with Crippen molar-refractivity contribution in [3.05, 3.63) is 71.8 Å². The molecule has 0 saturated carbocycles. The maximum Gasteiger partial charge on any atom is 0.169 e. The lowest BCUT2D eigenvalue weighted by Gasteiger charge is -2.38. The zero-order chi connectivity index (χ0) is 18.0. The first-order valence-electron chi connectivity index (χ1n) is 7.83. The maximum atomic E-state index is 4.85. The summed E-state index contributed by atoms with van der Waals surface area (Å²) in [6, 6.07) is 20.9. The van der Waals surface area contributed by atoms with Crippen molar-refractivity contribution in [3.63, 3.8) is 0 Å². The van der Waals surface area contributed by atoms with Crippen LogP contribution in [0.25, 0.3) is 0 Å². The second kappa shape index (κ2) is 8.09. The third-order valence-corrected chi connectivity index (χ3v) is 14.7. The molecule has 2 nitrogen and oxygen atoms in total. The normalized spacial score (nSPS) is 28.1. The van der Waals surface area contributed by atoms with Gasteiger partial charge in [-0.25, -0.2) is 8.80 Å². The standard InChI is InChI=1S/C18H16N2S6/c1-21-17(23-15(19-25-17)13-9-5-3-6-10-13)18(22-2)24-16(20-26-18)14-11-7-4-8-12-14/h3-12H,1-2H3. The molecule has 0 fully saturated rings. The van der Waals surface area contributed by atoms with Gasteiger partial charge in [0.15, 0.2) is 6.82 Å². The van der Waals surface area contributed by atoms with Crippen LogP contribution in [-0.4, -0.2) is 29.4 Å². The Morgan fingerprint density at radius 2 is 1.04 bits per heavy atom. The van der Waals surface area contributed by atoms with Crippen molar-refractivity contribution < 1.29 is 0 Å². The van der Waals surface area contributed by atoms with Crippen molar-refractivity contribution in [3.8, 4) is 0 Å². The summed E-state index contributed by atoms with van der Waals surface area (Å²) < 4.78 is 9.44. The molecule has 2 unspecified atom stereocenters. The molecule has 0 radical (unpaired) electrons. The Balaban J connectivity index is 1.60. The van der Waals surface area contributed by atoms with E-state index < -0.39 is 0 Å². The summed E-state index contributed by atoms with van der Waals surface area (Å²) in [5, 5.41) is 2.21. The molecule has 0 amide bonds. The summed E-state index contributed by atoms with van der Waals surface area (Å²) in [5.41, 5.74) is 2.38. The molecule has 0 N–H and O–H groups in total. The van der Waals surface area contributed by atoms with Gasteiger partial charge in [0.2, 0.25) is 0 Å². The minimum absolute atomic E-state index is 0.132. The quantitative estimate of drug-likeness (QED) is 0.468. The van der Waals surface area contributed by atoms with E-state index in [4.69, 9.17) is 8.80 Å². The minimum Gasteiger partial charge on any atom is -0.207 e. The summed E-state index contributed by atoms with van der Waals surface area (Å²) in [6.07, 6.45) is 4.37. The molecular weight excluding hydrogens is 437 g/mol.